The summed E-state index contributed by atoms with van der Waals surface area (Å²) in [6.45, 7) is 6.11. The highest BCUT2D eigenvalue weighted by Gasteiger charge is 2.48. The molecule has 2 atom stereocenters. The lowest BCUT2D eigenvalue weighted by Gasteiger charge is -2.43. The summed E-state index contributed by atoms with van der Waals surface area (Å²) >= 11 is 0. The van der Waals surface area contributed by atoms with Crippen molar-refractivity contribution in [1.29, 1.82) is 0 Å². The van der Waals surface area contributed by atoms with E-state index >= 15 is 0 Å². The van der Waals surface area contributed by atoms with E-state index in [1.807, 2.05) is 6.92 Å². The van der Waals surface area contributed by atoms with Crippen molar-refractivity contribution in [3.8, 4) is 0 Å². The largest absolute Gasteiger partial charge is 0.361 e. The van der Waals surface area contributed by atoms with Crippen LogP contribution in [0.1, 0.15) is 36.5 Å². The van der Waals surface area contributed by atoms with Crippen LogP contribution in [0.15, 0.2) is 10.6 Å². The molecule has 0 bridgehead atoms. The predicted octanol–water partition coefficient (Wildman–Crippen LogP) is 0.570. The first kappa shape index (κ1) is 16.4. The molecule has 2 aliphatic rings. The average Bonchev–Trinajstić information content (AvgIpc) is 3.10. The van der Waals surface area contributed by atoms with E-state index in [1.54, 1.807) is 11.0 Å². The Morgan fingerprint density at radius 1 is 1.30 bits per heavy atom. The number of aromatic nitrogens is 1. The summed E-state index contributed by atoms with van der Waals surface area (Å²) in [6, 6.07) is 1.27. The zero-order chi connectivity index (χ0) is 16.6. The van der Waals surface area contributed by atoms with Crippen LogP contribution in [0.3, 0.4) is 0 Å². The van der Waals surface area contributed by atoms with Crippen LogP contribution in [0.2, 0.25) is 0 Å². The molecule has 2 saturated heterocycles. The highest BCUT2D eigenvalue weighted by atomic mass is 32.2. The maximum absolute atomic E-state index is 12.7. The third kappa shape index (κ3) is 3.14. The lowest BCUT2D eigenvalue weighted by atomic mass is 10.0. The molecule has 1 aromatic heterocycles. The molecule has 0 spiro atoms. The number of carbonyl (C=O) groups is 1. The zero-order valence-electron chi connectivity index (χ0n) is 13.6. The van der Waals surface area contributed by atoms with E-state index in [1.165, 1.54) is 0 Å². The van der Waals surface area contributed by atoms with Crippen LogP contribution in [-0.2, 0) is 16.3 Å². The maximum atomic E-state index is 12.7. The Hall–Kier alpha value is -1.41. The van der Waals surface area contributed by atoms with E-state index in [9.17, 15) is 13.2 Å². The van der Waals surface area contributed by atoms with Crippen molar-refractivity contribution in [1.82, 2.24) is 15.0 Å². The molecule has 0 saturated carbocycles. The molecule has 3 rings (SSSR count). The number of fused-ring (bicyclic) bond motifs is 1. The summed E-state index contributed by atoms with van der Waals surface area (Å²) in [7, 11) is -3.11. The molecule has 128 valence electrons. The smallest absolute Gasteiger partial charge is 0.276 e. The number of piperazine rings is 1. The van der Waals surface area contributed by atoms with Crippen molar-refractivity contribution >= 4 is 15.7 Å². The third-order valence-corrected chi connectivity index (χ3v) is 6.39. The van der Waals surface area contributed by atoms with Gasteiger partial charge in [-0.3, -0.25) is 9.69 Å². The topological polar surface area (TPSA) is 83.7 Å². The first-order valence-corrected chi connectivity index (χ1v) is 9.98. The minimum absolute atomic E-state index is 0.0438. The van der Waals surface area contributed by atoms with Crippen LogP contribution < -0.4 is 0 Å². The molecule has 0 aliphatic carbocycles. The quantitative estimate of drug-likeness (QED) is 0.796. The van der Waals surface area contributed by atoms with Gasteiger partial charge >= 0.3 is 0 Å². The van der Waals surface area contributed by atoms with E-state index < -0.39 is 9.84 Å². The molecule has 0 N–H and O–H groups in total. The molecule has 1 amide bonds. The van der Waals surface area contributed by atoms with Gasteiger partial charge in [-0.2, -0.15) is 0 Å². The van der Waals surface area contributed by atoms with Gasteiger partial charge < -0.3 is 9.42 Å². The molecular weight excluding hydrogens is 318 g/mol. The molecular formula is C15H23N3O4S. The van der Waals surface area contributed by atoms with Gasteiger partial charge in [0, 0.05) is 31.6 Å². The van der Waals surface area contributed by atoms with Crippen molar-refractivity contribution < 1.29 is 17.7 Å². The Bertz CT molecular complexity index is 685. The second-order valence-electron chi connectivity index (χ2n) is 6.28. The van der Waals surface area contributed by atoms with E-state index in [2.05, 4.69) is 17.0 Å². The number of nitrogens with zero attached hydrogens (tertiary/aromatic N) is 3. The molecule has 0 radical (unpaired) electrons. The van der Waals surface area contributed by atoms with Crippen LogP contribution in [0.4, 0.5) is 0 Å². The molecule has 0 unspecified atom stereocenters. The normalized spacial score (nSPS) is 27.1. The van der Waals surface area contributed by atoms with Gasteiger partial charge in [0.1, 0.15) is 5.76 Å². The lowest BCUT2D eigenvalue weighted by molar-refractivity contribution is 0.0325. The minimum atomic E-state index is -3.11. The monoisotopic (exact) mass is 341 g/mol. The van der Waals surface area contributed by atoms with Gasteiger partial charge in [0.05, 0.1) is 17.5 Å². The molecule has 7 nitrogen and oxygen atoms in total. The summed E-state index contributed by atoms with van der Waals surface area (Å²) < 4.78 is 29.3. The molecule has 2 aliphatic heterocycles. The van der Waals surface area contributed by atoms with Crippen LogP contribution in [0.25, 0.3) is 0 Å². The van der Waals surface area contributed by atoms with Crippen molar-refractivity contribution in [3.05, 3.63) is 17.5 Å². The Balaban J connectivity index is 1.84. The molecule has 1 aromatic rings. The summed E-state index contributed by atoms with van der Waals surface area (Å²) in [5.74, 6) is 0.619. The second kappa shape index (κ2) is 6.24. The van der Waals surface area contributed by atoms with Crippen LogP contribution in [-0.4, -0.2) is 72.5 Å². The number of aryl methyl sites for hydroxylation is 1. The number of sulfone groups is 1. The first-order chi connectivity index (χ1) is 10.9. The number of rotatable bonds is 4. The van der Waals surface area contributed by atoms with E-state index in [4.69, 9.17) is 4.52 Å². The SMILES string of the molecule is CCCN1CCN(C(=O)c2cc(CC)on2)[C@H]2CS(=O)(=O)C[C@H]21. The molecule has 23 heavy (non-hydrogen) atoms. The zero-order valence-corrected chi connectivity index (χ0v) is 14.4. The standard InChI is InChI=1S/C15H23N3O4S/c1-3-5-17-6-7-18(14-10-23(20,21)9-13(14)17)15(19)12-8-11(4-2)22-16-12/h8,13-14H,3-7,9-10H2,1-2H3/t13-,14+/m1/s1. The fourth-order valence-corrected chi connectivity index (χ4v) is 5.58. The van der Waals surface area contributed by atoms with Gasteiger partial charge in [-0.1, -0.05) is 19.0 Å². The maximum Gasteiger partial charge on any atom is 0.276 e. The Kier molecular flexibility index (Phi) is 4.46. The van der Waals surface area contributed by atoms with E-state index in [0.717, 1.165) is 13.0 Å². The third-order valence-electron chi connectivity index (χ3n) is 4.69. The van der Waals surface area contributed by atoms with Gasteiger partial charge in [0.2, 0.25) is 0 Å². The van der Waals surface area contributed by atoms with E-state index in [-0.39, 0.29) is 35.2 Å². The highest BCUT2D eigenvalue weighted by Crippen LogP contribution is 2.28. The van der Waals surface area contributed by atoms with Gasteiger partial charge in [-0.05, 0) is 13.0 Å². The van der Waals surface area contributed by atoms with Crippen LogP contribution in [0.5, 0.6) is 0 Å². The van der Waals surface area contributed by atoms with Crippen LogP contribution in [0, 0.1) is 0 Å². The van der Waals surface area contributed by atoms with Crippen molar-refractivity contribution in [3.63, 3.8) is 0 Å². The Morgan fingerprint density at radius 3 is 2.70 bits per heavy atom. The summed E-state index contributed by atoms with van der Waals surface area (Å²) in [6.07, 6.45) is 1.64. The van der Waals surface area contributed by atoms with E-state index in [0.29, 0.717) is 25.3 Å². The molecule has 8 heteroatoms. The number of amides is 1. The lowest BCUT2D eigenvalue weighted by Crippen LogP contribution is -2.60. The minimum Gasteiger partial charge on any atom is -0.361 e. The highest BCUT2D eigenvalue weighted by molar-refractivity contribution is 7.91. The Morgan fingerprint density at radius 2 is 2.04 bits per heavy atom. The summed E-state index contributed by atoms with van der Waals surface area (Å²) in [5.41, 5.74) is 0.272. The molecule has 2 fully saturated rings. The van der Waals surface area contributed by atoms with Gasteiger partial charge in [0.15, 0.2) is 15.5 Å². The fraction of sp³-hybridized carbons (Fsp3) is 0.733. The second-order valence-corrected chi connectivity index (χ2v) is 8.43. The van der Waals surface area contributed by atoms with Crippen molar-refractivity contribution in [2.45, 2.75) is 38.8 Å². The van der Waals surface area contributed by atoms with Gasteiger partial charge in [-0.25, -0.2) is 8.42 Å². The van der Waals surface area contributed by atoms with Crippen LogP contribution >= 0.6 is 0 Å². The number of hydrogen-bond acceptors (Lipinski definition) is 6. The van der Waals surface area contributed by atoms with Gasteiger partial charge in [-0.15, -0.1) is 0 Å². The first-order valence-electron chi connectivity index (χ1n) is 8.16. The summed E-state index contributed by atoms with van der Waals surface area (Å²) in [5, 5.41) is 3.84. The van der Waals surface area contributed by atoms with Crippen molar-refractivity contribution in [2.75, 3.05) is 31.1 Å². The van der Waals surface area contributed by atoms with Gasteiger partial charge in [0.25, 0.3) is 5.91 Å². The molecule has 0 aromatic carbocycles. The average molecular weight is 341 g/mol. The fourth-order valence-electron chi connectivity index (χ4n) is 3.57. The van der Waals surface area contributed by atoms with Crippen molar-refractivity contribution in [2.24, 2.45) is 0 Å². The summed E-state index contributed by atoms with van der Waals surface area (Å²) in [4.78, 5) is 16.6. The molecule has 3 heterocycles. The Labute approximate surface area is 136 Å². The number of carbonyl (C=O) groups excluding carboxylic acids is 1. The number of hydrogen-bond donors (Lipinski definition) is 0. The predicted molar refractivity (Wildman–Crippen MR) is 85.0 cm³/mol.